The summed E-state index contributed by atoms with van der Waals surface area (Å²) in [5.41, 5.74) is 2.08. The average Bonchev–Trinajstić information content (AvgIpc) is 2.56. The van der Waals surface area contributed by atoms with Crippen molar-refractivity contribution in [3.05, 3.63) is 53.6 Å². The van der Waals surface area contributed by atoms with Crippen molar-refractivity contribution in [3.8, 4) is 17.6 Å². The Morgan fingerprint density at radius 3 is 2.70 bits per heavy atom. The molecule has 1 amide bonds. The number of anilines is 1. The van der Waals surface area contributed by atoms with Crippen molar-refractivity contribution >= 4 is 11.6 Å². The number of hydrogen-bond acceptors (Lipinski definition) is 4. The molecule has 0 aliphatic heterocycles. The lowest BCUT2D eigenvalue weighted by atomic mass is 10.2. The molecule has 0 radical (unpaired) electrons. The fraction of sp³-hybridized carbons (Fsp3) is 0.222. The summed E-state index contributed by atoms with van der Waals surface area (Å²) in [6.07, 6.45) is -0.711. The lowest BCUT2D eigenvalue weighted by Crippen LogP contribution is -2.30. The van der Waals surface area contributed by atoms with E-state index < -0.39 is 6.10 Å². The molecule has 118 valence electrons. The molecule has 0 saturated heterocycles. The van der Waals surface area contributed by atoms with Crippen LogP contribution in [-0.4, -0.2) is 19.1 Å². The molecule has 0 aliphatic rings. The van der Waals surface area contributed by atoms with Gasteiger partial charge in [0.2, 0.25) is 0 Å². The largest absolute Gasteiger partial charge is 0.493 e. The smallest absolute Gasteiger partial charge is 0.265 e. The normalized spacial score (nSPS) is 11.2. The van der Waals surface area contributed by atoms with Crippen LogP contribution in [0.1, 0.15) is 18.1 Å². The van der Waals surface area contributed by atoms with Crippen LogP contribution in [0.2, 0.25) is 0 Å². The third kappa shape index (κ3) is 4.24. The highest BCUT2D eigenvalue weighted by Gasteiger charge is 2.17. The number of nitrogens with one attached hydrogen (secondary N) is 1. The molecule has 5 heteroatoms. The van der Waals surface area contributed by atoms with Crippen molar-refractivity contribution in [1.82, 2.24) is 0 Å². The zero-order chi connectivity index (χ0) is 16.8. The first kappa shape index (κ1) is 16.4. The molecule has 0 aliphatic carbocycles. The monoisotopic (exact) mass is 310 g/mol. The molecule has 2 aromatic carbocycles. The Bertz CT molecular complexity index is 750. The van der Waals surface area contributed by atoms with E-state index in [4.69, 9.17) is 14.7 Å². The topological polar surface area (TPSA) is 71.3 Å². The van der Waals surface area contributed by atoms with E-state index in [1.807, 2.05) is 25.1 Å². The Kier molecular flexibility index (Phi) is 5.21. The standard InChI is InChI=1S/C18H18N2O3/c1-12-7-8-16(17(9-12)22-3)23-13(2)18(21)20-15-6-4-5-14(10-15)11-19/h4-10,13H,1-3H3,(H,20,21)/t13-/m0/s1. The van der Waals surface area contributed by atoms with E-state index in [1.165, 1.54) is 0 Å². The first-order valence-corrected chi connectivity index (χ1v) is 7.16. The van der Waals surface area contributed by atoms with Gasteiger partial charge in [-0.1, -0.05) is 12.1 Å². The van der Waals surface area contributed by atoms with Gasteiger partial charge in [-0.05, 0) is 49.7 Å². The van der Waals surface area contributed by atoms with Crippen molar-refractivity contribution in [2.45, 2.75) is 20.0 Å². The number of nitriles is 1. The Morgan fingerprint density at radius 1 is 1.22 bits per heavy atom. The van der Waals surface area contributed by atoms with Crippen LogP contribution in [0, 0.1) is 18.3 Å². The Morgan fingerprint density at radius 2 is 2.00 bits per heavy atom. The number of ether oxygens (including phenoxy) is 2. The Labute approximate surface area is 135 Å². The van der Waals surface area contributed by atoms with Crippen LogP contribution in [0.15, 0.2) is 42.5 Å². The van der Waals surface area contributed by atoms with E-state index in [1.54, 1.807) is 44.4 Å². The van der Waals surface area contributed by atoms with Crippen LogP contribution in [0.3, 0.4) is 0 Å². The van der Waals surface area contributed by atoms with Crippen molar-refractivity contribution < 1.29 is 14.3 Å². The summed E-state index contributed by atoms with van der Waals surface area (Å²) in [6, 6.07) is 14.2. The quantitative estimate of drug-likeness (QED) is 0.920. The summed E-state index contributed by atoms with van der Waals surface area (Å²) in [5.74, 6) is 0.783. The molecule has 1 N–H and O–H groups in total. The SMILES string of the molecule is COc1cc(C)ccc1O[C@@H](C)C(=O)Nc1cccc(C#N)c1. The van der Waals surface area contributed by atoms with Gasteiger partial charge < -0.3 is 14.8 Å². The third-order valence-electron chi connectivity index (χ3n) is 3.25. The molecule has 0 aromatic heterocycles. The van der Waals surface area contributed by atoms with Gasteiger partial charge in [-0.3, -0.25) is 4.79 Å². The molecule has 2 aromatic rings. The van der Waals surface area contributed by atoms with E-state index in [0.29, 0.717) is 22.7 Å². The number of amides is 1. The molecule has 0 bridgehead atoms. The van der Waals surface area contributed by atoms with E-state index in [-0.39, 0.29) is 5.91 Å². The second-order valence-electron chi connectivity index (χ2n) is 5.10. The third-order valence-corrected chi connectivity index (χ3v) is 3.25. The second kappa shape index (κ2) is 7.32. The molecule has 2 rings (SSSR count). The minimum atomic E-state index is -0.711. The molecule has 1 atom stereocenters. The predicted molar refractivity (Wildman–Crippen MR) is 87.6 cm³/mol. The number of rotatable bonds is 5. The van der Waals surface area contributed by atoms with Gasteiger partial charge >= 0.3 is 0 Å². The zero-order valence-corrected chi connectivity index (χ0v) is 13.3. The van der Waals surface area contributed by atoms with Gasteiger partial charge in [-0.2, -0.15) is 5.26 Å². The highest BCUT2D eigenvalue weighted by molar-refractivity contribution is 5.94. The second-order valence-corrected chi connectivity index (χ2v) is 5.10. The van der Waals surface area contributed by atoms with E-state index in [0.717, 1.165) is 5.56 Å². The summed E-state index contributed by atoms with van der Waals surface area (Å²) < 4.78 is 10.9. The van der Waals surface area contributed by atoms with Crippen LogP contribution < -0.4 is 14.8 Å². The zero-order valence-electron chi connectivity index (χ0n) is 13.3. The number of carbonyl (C=O) groups excluding carboxylic acids is 1. The molecule has 0 unspecified atom stereocenters. The lowest BCUT2D eigenvalue weighted by molar-refractivity contribution is -0.122. The minimum Gasteiger partial charge on any atom is -0.493 e. The van der Waals surface area contributed by atoms with Gasteiger partial charge in [-0.15, -0.1) is 0 Å². The lowest BCUT2D eigenvalue weighted by Gasteiger charge is -2.17. The molecule has 23 heavy (non-hydrogen) atoms. The molecule has 0 saturated carbocycles. The maximum absolute atomic E-state index is 12.2. The Balaban J connectivity index is 2.07. The number of hydrogen-bond donors (Lipinski definition) is 1. The highest BCUT2D eigenvalue weighted by Crippen LogP contribution is 2.28. The molecular weight excluding hydrogens is 292 g/mol. The summed E-state index contributed by atoms with van der Waals surface area (Å²) in [4.78, 5) is 12.2. The van der Waals surface area contributed by atoms with Gasteiger partial charge in [0, 0.05) is 5.69 Å². The van der Waals surface area contributed by atoms with Crippen LogP contribution in [0.5, 0.6) is 11.5 Å². The van der Waals surface area contributed by atoms with Gasteiger partial charge in [0.1, 0.15) is 0 Å². The maximum atomic E-state index is 12.2. The van der Waals surface area contributed by atoms with Gasteiger partial charge in [0.05, 0.1) is 18.7 Å². The highest BCUT2D eigenvalue weighted by atomic mass is 16.5. The van der Waals surface area contributed by atoms with Crippen molar-refractivity contribution in [2.75, 3.05) is 12.4 Å². The van der Waals surface area contributed by atoms with Crippen LogP contribution >= 0.6 is 0 Å². The number of aryl methyl sites for hydroxylation is 1. The molecular formula is C18H18N2O3. The number of nitrogens with zero attached hydrogens (tertiary/aromatic N) is 1. The van der Waals surface area contributed by atoms with Crippen LogP contribution in [0.4, 0.5) is 5.69 Å². The molecule has 5 nitrogen and oxygen atoms in total. The fourth-order valence-electron chi connectivity index (χ4n) is 2.03. The summed E-state index contributed by atoms with van der Waals surface area (Å²) in [6.45, 7) is 3.60. The summed E-state index contributed by atoms with van der Waals surface area (Å²) >= 11 is 0. The summed E-state index contributed by atoms with van der Waals surface area (Å²) in [7, 11) is 1.56. The predicted octanol–water partition coefficient (Wildman–Crippen LogP) is 3.28. The van der Waals surface area contributed by atoms with Gasteiger partial charge in [-0.25, -0.2) is 0 Å². The van der Waals surface area contributed by atoms with E-state index in [9.17, 15) is 4.79 Å². The minimum absolute atomic E-state index is 0.303. The number of carbonyl (C=O) groups is 1. The first-order valence-electron chi connectivity index (χ1n) is 7.16. The molecule has 0 fully saturated rings. The summed E-state index contributed by atoms with van der Waals surface area (Å²) in [5, 5.41) is 11.6. The molecule has 0 heterocycles. The van der Waals surface area contributed by atoms with Crippen molar-refractivity contribution in [1.29, 1.82) is 5.26 Å². The van der Waals surface area contributed by atoms with Gasteiger partial charge in [0.15, 0.2) is 17.6 Å². The number of methoxy groups -OCH3 is 1. The molecule has 0 spiro atoms. The van der Waals surface area contributed by atoms with Crippen LogP contribution in [0.25, 0.3) is 0 Å². The Hall–Kier alpha value is -3.00. The first-order chi connectivity index (χ1) is 11.0. The number of benzene rings is 2. The van der Waals surface area contributed by atoms with Crippen LogP contribution in [-0.2, 0) is 4.79 Å². The fourth-order valence-corrected chi connectivity index (χ4v) is 2.03. The average molecular weight is 310 g/mol. The van der Waals surface area contributed by atoms with Gasteiger partial charge in [0.25, 0.3) is 5.91 Å². The van der Waals surface area contributed by atoms with Crippen molar-refractivity contribution in [2.24, 2.45) is 0 Å². The van der Waals surface area contributed by atoms with E-state index >= 15 is 0 Å². The van der Waals surface area contributed by atoms with E-state index in [2.05, 4.69) is 5.32 Å². The van der Waals surface area contributed by atoms with Crippen molar-refractivity contribution in [3.63, 3.8) is 0 Å². The maximum Gasteiger partial charge on any atom is 0.265 e.